The summed E-state index contributed by atoms with van der Waals surface area (Å²) in [5.74, 6) is -1.72. The lowest BCUT2D eigenvalue weighted by molar-refractivity contribution is -0.137. The lowest BCUT2D eigenvalue weighted by Crippen LogP contribution is -2.29. The van der Waals surface area contributed by atoms with Crippen LogP contribution in [0.1, 0.15) is 22.3 Å². The zero-order valence-corrected chi connectivity index (χ0v) is 10.4. The van der Waals surface area contributed by atoms with E-state index in [1.165, 1.54) is 4.90 Å². The zero-order valence-electron chi connectivity index (χ0n) is 9.68. The molecule has 1 amide bonds. The van der Waals surface area contributed by atoms with Gasteiger partial charge in [-0.1, -0.05) is 0 Å². The van der Waals surface area contributed by atoms with Crippen molar-refractivity contribution in [2.75, 3.05) is 13.1 Å². The summed E-state index contributed by atoms with van der Waals surface area (Å²) in [7, 11) is 0. The topological polar surface area (TPSA) is 20.3 Å². The van der Waals surface area contributed by atoms with E-state index in [-0.39, 0.29) is 11.9 Å². The predicted molar refractivity (Wildman–Crippen MR) is 61.6 cm³/mol. The van der Waals surface area contributed by atoms with Crippen LogP contribution < -0.4 is 0 Å². The molecule has 1 atom stereocenters. The van der Waals surface area contributed by atoms with E-state index >= 15 is 0 Å². The van der Waals surface area contributed by atoms with Gasteiger partial charge in [-0.25, -0.2) is 4.39 Å². The Labute approximate surface area is 112 Å². The van der Waals surface area contributed by atoms with Crippen molar-refractivity contribution < 1.29 is 22.4 Å². The molecular weight excluding hydrogens is 286 g/mol. The lowest BCUT2D eigenvalue weighted by Gasteiger charge is -2.17. The first kappa shape index (κ1) is 14.1. The Morgan fingerprint density at radius 2 is 2.05 bits per heavy atom. The number of nitrogens with zero attached hydrogens (tertiary/aromatic N) is 1. The quantitative estimate of drug-likeness (QED) is 0.575. The molecule has 0 radical (unpaired) electrons. The van der Waals surface area contributed by atoms with Crippen LogP contribution in [-0.2, 0) is 6.18 Å². The van der Waals surface area contributed by atoms with Crippen LogP contribution in [0.5, 0.6) is 0 Å². The molecule has 0 spiro atoms. The van der Waals surface area contributed by atoms with Gasteiger partial charge in [-0.15, -0.1) is 11.6 Å². The molecule has 104 valence electrons. The lowest BCUT2D eigenvalue weighted by atomic mass is 10.1. The molecular formula is C12H10ClF4NO. The summed E-state index contributed by atoms with van der Waals surface area (Å²) in [4.78, 5) is 13.2. The van der Waals surface area contributed by atoms with E-state index in [2.05, 4.69) is 0 Å². The van der Waals surface area contributed by atoms with Crippen molar-refractivity contribution in [3.8, 4) is 0 Å². The summed E-state index contributed by atoms with van der Waals surface area (Å²) in [6, 6.07) is 1.81. The Morgan fingerprint density at radius 3 is 2.58 bits per heavy atom. The van der Waals surface area contributed by atoms with Gasteiger partial charge in [-0.2, -0.15) is 13.2 Å². The van der Waals surface area contributed by atoms with Gasteiger partial charge < -0.3 is 4.90 Å². The van der Waals surface area contributed by atoms with Gasteiger partial charge >= 0.3 is 6.18 Å². The van der Waals surface area contributed by atoms with Crippen LogP contribution >= 0.6 is 11.6 Å². The number of rotatable bonds is 1. The molecule has 0 aromatic heterocycles. The minimum Gasteiger partial charge on any atom is -0.337 e. The fourth-order valence-corrected chi connectivity index (χ4v) is 2.20. The van der Waals surface area contributed by atoms with Crippen LogP contribution in [-0.4, -0.2) is 29.3 Å². The van der Waals surface area contributed by atoms with Gasteiger partial charge in [0, 0.05) is 13.1 Å². The Bertz CT molecular complexity index is 503. The molecule has 1 aliphatic heterocycles. The summed E-state index contributed by atoms with van der Waals surface area (Å²) in [6.07, 6.45) is -4.06. The second kappa shape index (κ2) is 5.00. The largest absolute Gasteiger partial charge is 0.416 e. The van der Waals surface area contributed by atoms with Crippen LogP contribution in [0, 0.1) is 5.82 Å². The molecule has 1 aliphatic rings. The number of hydrogen-bond acceptors (Lipinski definition) is 1. The van der Waals surface area contributed by atoms with Gasteiger partial charge in [0.05, 0.1) is 16.5 Å². The van der Waals surface area contributed by atoms with Crippen LogP contribution in [0.3, 0.4) is 0 Å². The minimum absolute atomic E-state index is 0.218. The van der Waals surface area contributed by atoms with Gasteiger partial charge in [0.25, 0.3) is 5.91 Å². The number of amides is 1. The molecule has 0 N–H and O–H groups in total. The molecule has 0 aliphatic carbocycles. The van der Waals surface area contributed by atoms with Gasteiger partial charge in [0.2, 0.25) is 0 Å². The van der Waals surface area contributed by atoms with Gasteiger partial charge in [-0.3, -0.25) is 4.79 Å². The second-order valence-corrected chi connectivity index (χ2v) is 4.95. The Kier molecular flexibility index (Phi) is 3.71. The second-order valence-electron chi connectivity index (χ2n) is 4.33. The first-order chi connectivity index (χ1) is 8.79. The molecule has 0 saturated carbocycles. The summed E-state index contributed by atoms with van der Waals surface area (Å²) in [6.45, 7) is 0.540. The van der Waals surface area contributed by atoms with Gasteiger partial charge in [-0.05, 0) is 24.6 Å². The molecule has 2 rings (SSSR count). The van der Waals surface area contributed by atoms with Crippen LogP contribution in [0.4, 0.5) is 17.6 Å². The Hall–Kier alpha value is -1.30. The van der Waals surface area contributed by atoms with E-state index < -0.39 is 29.0 Å². The normalized spacial score (nSPS) is 19.8. The summed E-state index contributed by atoms with van der Waals surface area (Å²) in [5.41, 5.74) is -1.61. The third-order valence-corrected chi connectivity index (χ3v) is 3.30. The fourth-order valence-electron chi connectivity index (χ4n) is 1.94. The van der Waals surface area contributed by atoms with E-state index in [4.69, 9.17) is 11.6 Å². The van der Waals surface area contributed by atoms with Crippen LogP contribution in [0.25, 0.3) is 0 Å². The number of alkyl halides is 4. The fraction of sp³-hybridized carbons (Fsp3) is 0.417. The molecule has 1 aromatic carbocycles. The number of benzene rings is 1. The van der Waals surface area contributed by atoms with E-state index in [1.807, 2.05) is 0 Å². The first-order valence-corrected chi connectivity index (χ1v) is 6.03. The average Bonchev–Trinajstić information content (AvgIpc) is 2.74. The highest BCUT2D eigenvalue weighted by molar-refractivity contribution is 6.21. The molecule has 1 aromatic rings. The zero-order chi connectivity index (χ0) is 14.2. The van der Waals surface area contributed by atoms with E-state index in [0.717, 1.165) is 0 Å². The Morgan fingerprint density at radius 1 is 1.37 bits per heavy atom. The molecule has 7 heteroatoms. The van der Waals surface area contributed by atoms with Gasteiger partial charge in [0.1, 0.15) is 5.82 Å². The van der Waals surface area contributed by atoms with Gasteiger partial charge in [0.15, 0.2) is 0 Å². The number of halogens is 5. The summed E-state index contributed by atoms with van der Waals surface area (Å²) < 4.78 is 51.1. The highest BCUT2D eigenvalue weighted by Gasteiger charge is 2.33. The number of hydrogen-bond donors (Lipinski definition) is 0. The van der Waals surface area contributed by atoms with Crippen molar-refractivity contribution in [2.45, 2.75) is 18.0 Å². The molecule has 1 saturated heterocycles. The number of carbonyl (C=O) groups is 1. The SMILES string of the molecule is O=C(c1cc(C(F)(F)F)ccc1F)N1CCC(Cl)C1. The van der Waals surface area contributed by atoms with Crippen LogP contribution in [0.2, 0.25) is 0 Å². The third kappa shape index (κ3) is 3.00. The van der Waals surface area contributed by atoms with E-state index in [0.29, 0.717) is 31.2 Å². The molecule has 19 heavy (non-hydrogen) atoms. The standard InChI is InChI=1S/C12H10ClF4NO/c13-8-3-4-18(6-8)11(19)9-5-7(12(15,16)17)1-2-10(9)14/h1-2,5,8H,3-4,6H2. The molecule has 2 nitrogen and oxygen atoms in total. The third-order valence-electron chi connectivity index (χ3n) is 2.94. The maximum absolute atomic E-state index is 13.5. The van der Waals surface area contributed by atoms with E-state index in [9.17, 15) is 22.4 Å². The molecule has 1 heterocycles. The summed E-state index contributed by atoms with van der Waals surface area (Å²) >= 11 is 5.81. The highest BCUT2D eigenvalue weighted by atomic mass is 35.5. The molecule has 0 bridgehead atoms. The number of carbonyl (C=O) groups excluding carboxylic acids is 1. The van der Waals surface area contributed by atoms with Crippen molar-refractivity contribution in [2.24, 2.45) is 0 Å². The summed E-state index contributed by atoms with van der Waals surface area (Å²) in [5, 5.41) is -0.238. The highest BCUT2D eigenvalue weighted by Crippen LogP contribution is 2.31. The van der Waals surface area contributed by atoms with Crippen LogP contribution in [0.15, 0.2) is 18.2 Å². The monoisotopic (exact) mass is 295 g/mol. The van der Waals surface area contributed by atoms with Crippen molar-refractivity contribution in [3.05, 3.63) is 35.1 Å². The molecule has 1 fully saturated rings. The van der Waals surface area contributed by atoms with Crippen molar-refractivity contribution in [1.82, 2.24) is 4.90 Å². The van der Waals surface area contributed by atoms with Crippen molar-refractivity contribution in [1.29, 1.82) is 0 Å². The van der Waals surface area contributed by atoms with E-state index in [1.54, 1.807) is 0 Å². The van der Waals surface area contributed by atoms with Crippen molar-refractivity contribution in [3.63, 3.8) is 0 Å². The smallest absolute Gasteiger partial charge is 0.337 e. The number of likely N-dealkylation sites (tertiary alicyclic amines) is 1. The first-order valence-electron chi connectivity index (χ1n) is 5.59. The average molecular weight is 296 g/mol. The Balaban J connectivity index is 2.31. The minimum atomic E-state index is -4.61. The maximum atomic E-state index is 13.5. The van der Waals surface area contributed by atoms with Crippen molar-refractivity contribution >= 4 is 17.5 Å². The molecule has 1 unspecified atom stereocenters. The maximum Gasteiger partial charge on any atom is 0.416 e. The predicted octanol–water partition coefficient (Wildman–Crippen LogP) is 3.30.